The van der Waals surface area contributed by atoms with Crippen molar-refractivity contribution in [1.29, 1.82) is 0 Å². The van der Waals surface area contributed by atoms with Crippen LogP contribution in [0.4, 0.5) is 0 Å². The SMILES string of the molecule is CN1CCCN(CC2C(O)C(C)(C)OC2(C)C)CC1. The van der Waals surface area contributed by atoms with Crippen LogP contribution in [0.25, 0.3) is 0 Å². The van der Waals surface area contributed by atoms with E-state index in [0.29, 0.717) is 0 Å². The van der Waals surface area contributed by atoms with Crippen LogP contribution in [0.2, 0.25) is 0 Å². The number of aliphatic hydroxyl groups is 1. The lowest BCUT2D eigenvalue weighted by atomic mass is 9.84. The van der Waals surface area contributed by atoms with Crippen LogP contribution in [0, 0.1) is 5.92 Å². The average molecular weight is 270 g/mol. The lowest BCUT2D eigenvalue weighted by Gasteiger charge is -2.32. The van der Waals surface area contributed by atoms with Crippen LogP contribution in [0.15, 0.2) is 0 Å². The van der Waals surface area contributed by atoms with Crippen molar-refractivity contribution in [2.24, 2.45) is 5.92 Å². The van der Waals surface area contributed by atoms with Crippen molar-refractivity contribution in [2.45, 2.75) is 51.4 Å². The van der Waals surface area contributed by atoms with Gasteiger partial charge in [0.25, 0.3) is 0 Å². The molecule has 0 aromatic rings. The third-order valence-corrected chi connectivity index (χ3v) is 4.78. The van der Waals surface area contributed by atoms with E-state index in [9.17, 15) is 5.11 Å². The lowest BCUT2D eigenvalue weighted by Crippen LogP contribution is -2.44. The predicted molar refractivity (Wildman–Crippen MR) is 77.3 cm³/mol. The van der Waals surface area contributed by atoms with E-state index >= 15 is 0 Å². The Bertz CT molecular complexity index is 317. The zero-order valence-electron chi connectivity index (χ0n) is 13.1. The summed E-state index contributed by atoms with van der Waals surface area (Å²) in [5.74, 6) is 0.186. The molecule has 4 nitrogen and oxygen atoms in total. The van der Waals surface area contributed by atoms with Gasteiger partial charge in [0, 0.05) is 25.6 Å². The molecular weight excluding hydrogens is 240 g/mol. The van der Waals surface area contributed by atoms with Gasteiger partial charge in [-0.1, -0.05) is 0 Å². The molecule has 0 aromatic heterocycles. The Labute approximate surface area is 117 Å². The van der Waals surface area contributed by atoms with Gasteiger partial charge in [-0.05, 0) is 54.3 Å². The third-order valence-electron chi connectivity index (χ3n) is 4.78. The van der Waals surface area contributed by atoms with Crippen LogP contribution in [0.5, 0.6) is 0 Å². The lowest BCUT2D eigenvalue weighted by molar-refractivity contribution is -0.0913. The highest BCUT2D eigenvalue weighted by molar-refractivity contribution is 5.02. The van der Waals surface area contributed by atoms with Gasteiger partial charge in [-0.15, -0.1) is 0 Å². The van der Waals surface area contributed by atoms with Crippen molar-refractivity contribution >= 4 is 0 Å². The minimum absolute atomic E-state index is 0.186. The number of likely N-dealkylation sites (N-methyl/N-ethyl adjacent to an activating group) is 1. The molecule has 2 heterocycles. The molecule has 2 rings (SSSR count). The van der Waals surface area contributed by atoms with Crippen molar-refractivity contribution in [2.75, 3.05) is 39.8 Å². The van der Waals surface area contributed by atoms with Crippen molar-refractivity contribution < 1.29 is 9.84 Å². The van der Waals surface area contributed by atoms with Crippen molar-refractivity contribution in [3.05, 3.63) is 0 Å². The number of rotatable bonds is 2. The zero-order valence-corrected chi connectivity index (χ0v) is 13.1. The van der Waals surface area contributed by atoms with E-state index in [-0.39, 0.29) is 17.6 Å². The van der Waals surface area contributed by atoms with Gasteiger partial charge in [0.05, 0.1) is 17.3 Å². The molecule has 0 amide bonds. The molecule has 0 aliphatic carbocycles. The fraction of sp³-hybridized carbons (Fsp3) is 1.00. The summed E-state index contributed by atoms with van der Waals surface area (Å²) in [4.78, 5) is 4.88. The molecule has 19 heavy (non-hydrogen) atoms. The number of hydrogen-bond donors (Lipinski definition) is 1. The second kappa shape index (κ2) is 5.32. The molecule has 0 bridgehead atoms. The molecule has 2 aliphatic rings. The standard InChI is InChI=1S/C15H30N2O2/c1-14(2)12(13(18)15(3,4)19-14)11-17-8-6-7-16(5)9-10-17/h12-13,18H,6-11H2,1-5H3. The van der Waals surface area contributed by atoms with E-state index in [1.807, 2.05) is 13.8 Å². The average Bonchev–Trinajstić information content (AvgIpc) is 2.46. The smallest absolute Gasteiger partial charge is 0.0896 e. The molecule has 2 fully saturated rings. The van der Waals surface area contributed by atoms with Gasteiger partial charge < -0.3 is 19.6 Å². The van der Waals surface area contributed by atoms with Gasteiger partial charge in [-0.3, -0.25) is 0 Å². The molecule has 2 saturated heterocycles. The first kappa shape index (κ1) is 15.2. The monoisotopic (exact) mass is 270 g/mol. The third kappa shape index (κ3) is 3.30. The molecule has 0 spiro atoms. The van der Waals surface area contributed by atoms with Crippen molar-refractivity contribution in [3.8, 4) is 0 Å². The molecule has 0 saturated carbocycles. The molecule has 0 aromatic carbocycles. The van der Waals surface area contributed by atoms with Gasteiger partial charge in [-0.2, -0.15) is 0 Å². The molecule has 2 atom stereocenters. The summed E-state index contributed by atoms with van der Waals surface area (Å²) in [7, 11) is 2.18. The van der Waals surface area contributed by atoms with E-state index in [4.69, 9.17) is 4.74 Å². The van der Waals surface area contributed by atoms with Gasteiger partial charge in [0.2, 0.25) is 0 Å². The number of nitrogens with zero attached hydrogens (tertiary/aromatic N) is 2. The van der Waals surface area contributed by atoms with E-state index in [2.05, 4.69) is 30.7 Å². The number of ether oxygens (including phenoxy) is 1. The fourth-order valence-electron chi connectivity index (χ4n) is 3.56. The first-order chi connectivity index (χ1) is 8.72. The van der Waals surface area contributed by atoms with Crippen LogP contribution in [0.1, 0.15) is 34.1 Å². The molecule has 0 radical (unpaired) electrons. The summed E-state index contributed by atoms with van der Waals surface area (Å²) < 4.78 is 6.07. The first-order valence-corrected chi connectivity index (χ1v) is 7.51. The van der Waals surface area contributed by atoms with Crippen molar-refractivity contribution in [1.82, 2.24) is 9.80 Å². The Morgan fingerprint density at radius 1 is 1.05 bits per heavy atom. The summed E-state index contributed by atoms with van der Waals surface area (Å²) >= 11 is 0. The van der Waals surface area contributed by atoms with Gasteiger partial charge in [-0.25, -0.2) is 0 Å². The quantitative estimate of drug-likeness (QED) is 0.817. The Balaban J connectivity index is 2.01. The van der Waals surface area contributed by atoms with E-state index < -0.39 is 5.60 Å². The highest BCUT2D eigenvalue weighted by atomic mass is 16.5. The Kier molecular flexibility index (Phi) is 4.26. The maximum atomic E-state index is 10.5. The largest absolute Gasteiger partial charge is 0.390 e. The second-order valence-corrected chi connectivity index (χ2v) is 7.32. The van der Waals surface area contributed by atoms with Crippen molar-refractivity contribution in [3.63, 3.8) is 0 Å². The van der Waals surface area contributed by atoms with Gasteiger partial charge in [0.15, 0.2) is 0 Å². The summed E-state index contributed by atoms with van der Waals surface area (Å²) in [6.07, 6.45) is 0.827. The molecule has 2 aliphatic heterocycles. The van der Waals surface area contributed by atoms with Gasteiger partial charge in [0.1, 0.15) is 0 Å². The number of aliphatic hydroxyl groups excluding tert-OH is 1. The van der Waals surface area contributed by atoms with Crippen LogP contribution < -0.4 is 0 Å². The highest BCUT2D eigenvalue weighted by Crippen LogP contribution is 2.42. The Hall–Kier alpha value is -0.160. The second-order valence-electron chi connectivity index (χ2n) is 7.32. The molecule has 1 N–H and O–H groups in total. The summed E-state index contributed by atoms with van der Waals surface area (Å²) in [6.45, 7) is 13.7. The fourth-order valence-corrected chi connectivity index (χ4v) is 3.56. The topological polar surface area (TPSA) is 35.9 Å². The summed E-state index contributed by atoms with van der Waals surface area (Å²) in [6, 6.07) is 0. The zero-order chi connectivity index (χ0) is 14.3. The predicted octanol–water partition coefficient (Wildman–Crippen LogP) is 1.19. The molecule has 112 valence electrons. The minimum atomic E-state index is -0.434. The van der Waals surface area contributed by atoms with E-state index in [1.54, 1.807) is 0 Å². The molecule has 2 unspecified atom stereocenters. The summed E-state index contributed by atoms with van der Waals surface area (Å²) in [5.41, 5.74) is -0.683. The van der Waals surface area contributed by atoms with E-state index in [1.165, 1.54) is 13.0 Å². The van der Waals surface area contributed by atoms with Gasteiger partial charge >= 0.3 is 0 Å². The summed E-state index contributed by atoms with van der Waals surface area (Å²) in [5, 5.41) is 10.5. The Morgan fingerprint density at radius 2 is 1.74 bits per heavy atom. The van der Waals surface area contributed by atoms with E-state index in [0.717, 1.165) is 26.2 Å². The van der Waals surface area contributed by atoms with Crippen LogP contribution in [-0.2, 0) is 4.74 Å². The maximum absolute atomic E-state index is 10.5. The van der Waals surface area contributed by atoms with Crippen LogP contribution in [-0.4, -0.2) is 72.0 Å². The maximum Gasteiger partial charge on any atom is 0.0896 e. The van der Waals surface area contributed by atoms with Crippen LogP contribution in [0.3, 0.4) is 0 Å². The highest BCUT2D eigenvalue weighted by Gasteiger charge is 2.53. The Morgan fingerprint density at radius 3 is 2.32 bits per heavy atom. The first-order valence-electron chi connectivity index (χ1n) is 7.51. The number of hydrogen-bond acceptors (Lipinski definition) is 4. The normalized spacial score (nSPS) is 36.3. The molecule has 4 heteroatoms. The van der Waals surface area contributed by atoms with Crippen LogP contribution >= 0.6 is 0 Å². The molecular formula is C15H30N2O2. The minimum Gasteiger partial charge on any atom is -0.390 e.